The number of nitrogens with zero attached hydrogens (tertiary/aromatic N) is 1. The van der Waals surface area contributed by atoms with Crippen LogP contribution in [0, 0.1) is 13.8 Å². The maximum absolute atomic E-state index is 6.06. The number of rotatable bonds is 8. The van der Waals surface area contributed by atoms with Gasteiger partial charge in [0.1, 0.15) is 5.75 Å². The topological polar surface area (TPSA) is 24.5 Å². The van der Waals surface area contributed by atoms with E-state index < -0.39 is 0 Å². The van der Waals surface area contributed by atoms with Crippen molar-refractivity contribution in [1.29, 1.82) is 0 Å². The normalized spacial score (nSPS) is 10.5. The van der Waals surface area contributed by atoms with Gasteiger partial charge in [0, 0.05) is 18.1 Å². The van der Waals surface area contributed by atoms with Crippen molar-refractivity contribution in [2.75, 3.05) is 40.3 Å². The van der Waals surface area contributed by atoms with Crippen molar-refractivity contribution >= 4 is 24.0 Å². The summed E-state index contributed by atoms with van der Waals surface area (Å²) in [6, 6.07) is 3.85. The predicted octanol–water partition coefficient (Wildman–Crippen LogP) is 3.30. The molecule has 1 rings (SSSR count). The minimum atomic E-state index is 0. The fourth-order valence-electron chi connectivity index (χ4n) is 1.73. The van der Waals surface area contributed by atoms with Gasteiger partial charge in [-0.25, -0.2) is 0 Å². The molecule has 1 N–H and O–H groups in total. The molecule has 1 aromatic rings. The third-order valence-electron chi connectivity index (χ3n) is 3.16. The SMILES string of the molecule is Cc1c(Cl)ccc(OCCCNCCN(C)C)c1C.Cl. The average Bonchev–Trinajstić information content (AvgIpc) is 2.37. The van der Waals surface area contributed by atoms with Crippen molar-refractivity contribution in [2.45, 2.75) is 20.3 Å². The highest BCUT2D eigenvalue weighted by Gasteiger charge is 2.05. The van der Waals surface area contributed by atoms with E-state index in [1.54, 1.807) is 0 Å². The van der Waals surface area contributed by atoms with Crippen molar-refractivity contribution in [1.82, 2.24) is 10.2 Å². The van der Waals surface area contributed by atoms with Crippen LogP contribution in [0.4, 0.5) is 0 Å². The van der Waals surface area contributed by atoms with Gasteiger partial charge in [-0.05, 0) is 64.2 Å². The van der Waals surface area contributed by atoms with Crippen molar-refractivity contribution in [3.05, 3.63) is 28.3 Å². The van der Waals surface area contributed by atoms with Gasteiger partial charge in [-0.1, -0.05) is 11.6 Å². The Labute approximate surface area is 134 Å². The summed E-state index contributed by atoms with van der Waals surface area (Å²) >= 11 is 6.06. The molecular formula is C15H26Cl2N2O. The van der Waals surface area contributed by atoms with Crippen LogP contribution in [0.2, 0.25) is 5.02 Å². The van der Waals surface area contributed by atoms with Crippen LogP contribution >= 0.6 is 24.0 Å². The molecule has 3 nitrogen and oxygen atoms in total. The lowest BCUT2D eigenvalue weighted by atomic mass is 10.1. The molecule has 0 unspecified atom stereocenters. The summed E-state index contributed by atoms with van der Waals surface area (Å²) in [6.07, 6.45) is 1.01. The fourth-order valence-corrected chi connectivity index (χ4v) is 1.93. The van der Waals surface area contributed by atoms with Gasteiger partial charge in [0.25, 0.3) is 0 Å². The van der Waals surface area contributed by atoms with E-state index in [2.05, 4.69) is 24.3 Å². The number of benzene rings is 1. The molecule has 0 fully saturated rings. The van der Waals surface area contributed by atoms with Crippen LogP contribution in [0.15, 0.2) is 12.1 Å². The van der Waals surface area contributed by atoms with Gasteiger partial charge in [0.05, 0.1) is 6.61 Å². The van der Waals surface area contributed by atoms with Crippen LogP contribution in [-0.2, 0) is 0 Å². The molecule has 0 bridgehead atoms. The molecule has 1 aromatic carbocycles. The van der Waals surface area contributed by atoms with Gasteiger partial charge in [-0.15, -0.1) is 12.4 Å². The van der Waals surface area contributed by atoms with Crippen LogP contribution in [-0.4, -0.2) is 45.2 Å². The third-order valence-corrected chi connectivity index (χ3v) is 3.57. The lowest BCUT2D eigenvalue weighted by Gasteiger charge is -2.13. The molecule has 0 aliphatic carbocycles. The number of hydrogen-bond donors (Lipinski definition) is 1. The van der Waals surface area contributed by atoms with E-state index in [1.165, 1.54) is 0 Å². The highest BCUT2D eigenvalue weighted by molar-refractivity contribution is 6.31. The average molecular weight is 321 g/mol. The second-order valence-electron chi connectivity index (χ2n) is 5.05. The zero-order chi connectivity index (χ0) is 14.3. The van der Waals surface area contributed by atoms with Crippen LogP contribution in [0.5, 0.6) is 5.75 Å². The zero-order valence-electron chi connectivity index (χ0n) is 12.8. The maximum atomic E-state index is 6.06. The molecule has 20 heavy (non-hydrogen) atoms. The Morgan fingerprint density at radius 1 is 1.15 bits per heavy atom. The minimum Gasteiger partial charge on any atom is -0.493 e. The number of likely N-dealkylation sites (N-methyl/N-ethyl adjacent to an activating group) is 1. The molecule has 0 heterocycles. The molecule has 0 saturated carbocycles. The van der Waals surface area contributed by atoms with E-state index in [4.69, 9.17) is 16.3 Å². The van der Waals surface area contributed by atoms with Gasteiger partial charge in [-0.3, -0.25) is 0 Å². The van der Waals surface area contributed by atoms with Gasteiger partial charge >= 0.3 is 0 Å². The summed E-state index contributed by atoms with van der Waals surface area (Å²) in [4.78, 5) is 2.17. The highest BCUT2D eigenvalue weighted by atomic mass is 35.5. The van der Waals surface area contributed by atoms with Gasteiger partial charge < -0.3 is 15.0 Å². The number of nitrogens with one attached hydrogen (secondary N) is 1. The van der Waals surface area contributed by atoms with Gasteiger partial charge in [0.2, 0.25) is 0 Å². The summed E-state index contributed by atoms with van der Waals surface area (Å²) < 4.78 is 5.79. The second kappa shape index (κ2) is 10.3. The molecule has 0 aliphatic rings. The Morgan fingerprint density at radius 3 is 2.50 bits per heavy atom. The zero-order valence-corrected chi connectivity index (χ0v) is 14.4. The number of ether oxygens (including phenoxy) is 1. The predicted molar refractivity (Wildman–Crippen MR) is 89.7 cm³/mol. The summed E-state index contributed by atoms with van der Waals surface area (Å²) in [7, 11) is 4.16. The first-order valence-corrected chi connectivity index (χ1v) is 7.14. The lowest BCUT2D eigenvalue weighted by molar-refractivity contribution is 0.304. The molecule has 0 spiro atoms. The van der Waals surface area contributed by atoms with Gasteiger partial charge in [0.15, 0.2) is 0 Å². The second-order valence-corrected chi connectivity index (χ2v) is 5.46. The summed E-state index contributed by atoms with van der Waals surface area (Å²) in [5.41, 5.74) is 2.23. The maximum Gasteiger partial charge on any atom is 0.122 e. The standard InChI is InChI=1S/C15H25ClN2O.ClH/c1-12-13(2)15(7-6-14(12)16)19-11-5-8-17-9-10-18(3)4;/h6-7,17H,5,8-11H2,1-4H3;1H. The fraction of sp³-hybridized carbons (Fsp3) is 0.600. The Kier molecular flexibility index (Phi) is 10.0. The Bertz CT molecular complexity index is 398. The molecule has 0 aromatic heterocycles. The summed E-state index contributed by atoms with van der Waals surface area (Å²) in [6.45, 7) is 7.87. The minimum absolute atomic E-state index is 0. The first kappa shape index (κ1) is 19.5. The monoisotopic (exact) mass is 320 g/mol. The summed E-state index contributed by atoms with van der Waals surface area (Å²) in [5, 5.41) is 4.20. The molecule has 0 amide bonds. The van der Waals surface area contributed by atoms with E-state index in [9.17, 15) is 0 Å². The van der Waals surface area contributed by atoms with Crippen molar-refractivity contribution in [3.8, 4) is 5.75 Å². The smallest absolute Gasteiger partial charge is 0.122 e. The first-order chi connectivity index (χ1) is 9.02. The molecule has 0 aliphatic heterocycles. The van der Waals surface area contributed by atoms with Crippen molar-refractivity contribution < 1.29 is 4.74 Å². The van der Waals surface area contributed by atoms with E-state index >= 15 is 0 Å². The van der Waals surface area contributed by atoms with Crippen molar-refractivity contribution in [3.63, 3.8) is 0 Å². The number of halogens is 2. The van der Waals surface area contributed by atoms with E-state index in [-0.39, 0.29) is 12.4 Å². The third kappa shape index (κ3) is 6.80. The van der Waals surface area contributed by atoms with E-state index in [1.807, 2.05) is 26.0 Å². The van der Waals surface area contributed by atoms with Crippen LogP contribution in [0.1, 0.15) is 17.5 Å². The lowest BCUT2D eigenvalue weighted by Crippen LogP contribution is -2.27. The van der Waals surface area contributed by atoms with E-state index in [0.717, 1.165) is 54.6 Å². The first-order valence-electron chi connectivity index (χ1n) is 6.76. The van der Waals surface area contributed by atoms with Gasteiger partial charge in [-0.2, -0.15) is 0 Å². The Hall–Kier alpha value is -0.480. The Balaban J connectivity index is 0.00000361. The van der Waals surface area contributed by atoms with Crippen LogP contribution in [0.25, 0.3) is 0 Å². The molecular weight excluding hydrogens is 295 g/mol. The van der Waals surface area contributed by atoms with Crippen LogP contribution < -0.4 is 10.1 Å². The van der Waals surface area contributed by atoms with E-state index in [0.29, 0.717) is 0 Å². The summed E-state index contributed by atoms with van der Waals surface area (Å²) in [5.74, 6) is 0.940. The molecule has 5 heteroatoms. The van der Waals surface area contributed by atoms with Crippen LogP contribution in [0.3, 0.4) is 0 Å². The number of hydrogen-bond acceptors (Lipinski definition) is 3. The molecule has 0 atom stereocenters. The highest BCUT2D eigenvalue weighted by Crippen LogP contribution is 2.27. The Morgan fingerprint density at radius 2 is 1.85 bits per heavy atom. The molecule has 0 radical (unpaired) electrons. The van der Waals surface area contributed by atoms with Crippen molar-refractivity contribution in [2.24, 2.45) is 0 Å². The largest absolute Gasteiger partial charge is 0.493 e. The quantitative estimate of drug-likeness (QED) is 0.744. The molecule has 116 valence electrons. The molecule has 0 saturated heterocycles.